The number of nitrogens with zero attached hydrogens (tertiary/aromatic N) is 4. The van der Waals surface area contributed by atoms with Gasteiger partial charge in [-0.2, -0.15) is 5.10 Å². The Balaban J connectivity index is 1.26. The number of amides is 1. The van der Waals surface area contributed by atoms with Crippen LogP contribution in [0.1, 0.15) is 38.6 Å². The first-order chi connectivity index (χ1) is 17.1. The van der Waals surface area contributed by atoms with E-state index in [9.17, 15) is 4.79 Å². The number of thioether (sulfide) groups is 1. The molecule has 0 saturated heterocycles. The van der Waals surface area contributed by atoms with Crippen molar-refractivity contribution in [3.8, 4) is 0 Å². The summed E-state index contributed by atoms with van der Waals surface area (Å²) < 4.78 is 4.02. The molecule has 0 bridgehead atoms. The third-order valence-corrected chi connectivity index (χ3v) is 7.16. The molecule has 5 aromatic rings. The lowest BCUT2D eigenvalue weighted by Crippen LogP contribution is -2.24. The van der Waals surface area contributed by atoms with E-state index in [-0.39, 0.29) is 5.91 Å². The van der Waals surface area contributed by atoms with Gasteiger partial charge in [0.25, 0.3) is 5.91 Å². The van der Waals surface area contributed by atoms with Crippen LogP contribution in [0.2, 0.25) is 0 Å². The second kappa shape index (κ2) is 10.2. The van der Waals surface area contributed by atoms with Crippen molar-refractivity contribution < 1.29 is 4.79 Å². The Morgan fingerprint density at radius 2 is 1.74 bits per heavy atom. The van der Waals surface area contributed by atoms with E-state index in [0.29, 0.717) is 24.4 Å². The Kier molecular flexibility index (Phi) is 6.68. The Hall–Kier alpha value is -3.84. The lowest BCUT2D eigenvalue weighted by Gasteiger charge is -2.10. The van der Waals surface area contributed by atoms with Crippen molar-refractivity contribution in [3.63, 3.8) is 0 Å². The highest BCUT2D eigenvalue weighted by molar-refractivity contribution is 7.98. The average molecular weight is 482 g/mol. The van der Waals surface area contributed by atoms with Crippen LogP contribution in [0.5, 0.6) is 0 Å². The summed E-state index contributed by atoms with van der Waals surface area (Å²) in [5.41, 5.74) is 6.85. The van der Waals surface area contributed by atoms with Gasteiger partial charge in [0.1, 0.15) is 5.65 Å². The van der Waals surface area contributed by atoms with Crippen molar-refractivity contribution in [1.82, 2.24) is 24.5 Å². The van der Waals surface area contributed by atoms with Crippen LogP contribution in [0, 0.1) is 13.8 Å². The SMILES string of the molecule is Cc1nn(Cc2ccccc2)c(C)c1CNC(=O)c1ccccc1SCc1cn2ccccc2n1. The number of hydrogen-bond acceptors (Lipinski definition) is 4. The van der Waals surface area contributed by atoms with Crippen LogP contribution in [0.15, 0.2) is 90.1 Å². The monoisotopic (exact) mass is 481 g/mol. The summed E-state index contributed by atoms with van der Waals surface area (Å²) in [5, 5.41) is 7.82. The molecule has 0 aliphatic heterocycles. The predicted octanol–water partition coefficient (Wildman–Crippen LogP) is 5.42. The zero-order valence-corrected chi connectivity index (χ0v) is 20.6. The fourth-order valence-electron chi connectivity index (χ4n) is 4.15. The zero-order valence-electron chi connectivity index (χ0n) is 19.8. The number of imidazole rings is 1. The number of hydrogen-bond donors (Lipinski definition) is 1. The van der Waals surface area contributed by atoms with Gasteiger partial charge < -0.3 is 9.72 Å². The number of carbonyl (C=O) groups is 1. The van der Waals surface area contributed by atoms with Crippen molar-refractivity contribution >= 4 is 23.3 Å². The van der Waals surface area contributed by atoms with Gasteiger partial charge in [-0.25, -0.2) is 4.98 Å². The molecule has 0 fully saturated rings. The molecule has 2 aromatic carbocycles. The molecular weight excluding hydrogens is 454 g/mol. The van der Waals surface area contributed by atoms with E-state index >= 15 is 0 Å². The van der Waals surface area contributed by atoms with Crippen LogP contribution in [0.4, 0.5) is 0 Å². The molecule has 0 aliphatic rings. The molecule has 1 N–H and O–H groups in total. The Bertz CT molecular complexity index is 1440. The minimum Gasteiger partial charge on any atom is -0.348 e. The van der Waals surface area contributed by atoms with Crippen LogP contribution in [0.3, 0.4) is 0 Å². The van der Waals surface area contributed by atoms with Crippen molar-refractivity contribution in [2.24, 2.45) is 0 Å². The van der Waals surface area contributed by atoms with Gasteiger partial charge >= 0.3 is 0 Å². The molecule has 5 rings (SSSR count). The number of fused-ring (bicyclic) bond motifs is 1. The van der Waals surface area contributed by atoms with Gasteiger partial charge in [0, 0.05) is 40.8 Å². The highest BCUT2D eigenvalue weighted by Gasteiger charge is 2.16. The summed E-state index contributed by atoms with van der Waals surface area (Å²) in [6, 6.07) is 24.0. The summed E-state index contributed by atoms with van der Waals surface area (Å²) in [5.74, 6) is 0.605. The lowest BCUT2D eigenvalue weighted by atomic mass is 10.1. The number of rotatable bonds is 8. The quantitative estimate of drug-likeness (QED) is 0.301. The summed E-state index contributed by atoms with van der Waals surface area (Å²) >= 11 is 1.62. The largest absolute Gasteiger partial charge is 0.348 e. The van der Waals surface area contributed by atoms with Crippen LogP contribution in [-0.2, 0) is 18.8 Å². The zero-order chi connectivity index (χ0) is 24.2. The third-order valence-electron chi connectivity index (χ3n) is 6.05. The van der Waals surface area contributed by atoms with Gasteiger partial charge in [-0.1, -0.05) is 48.5 Å². The molecule has 6 nitrogen and oxygen atoms in total. The van der Waals surface area contributed by atoms with E-state index in [4.69, 9.17) is 5.10 Å². The fraction of sp³-hybridized carbons (Fsp3) is 0.179. The van der Waals surface area contributed by atoms with E-state index in [1.807, 2.05) is 89.1 Å². The third kappa shape index (κ3) is 5.15. The van der Waals surface area contributed by atoms with Gasteiger partial charge in [-0.05, 0) is 43.7 Å². The molecular formula is C28H27N5OS. The second-order valence-corrected chi connectivity index (χ2v) is 9.48. The molecule has 0 radical (unpaired) electrons. The maximum atomic E-state index is 13.1. The van der Waals surface area contributed by atoms with Crippen LogP contribution in [-0.4, -0.2) is 25.1 Å². The van der Waals surface area contributed by atoms with Gasteiger partial charge in [0.15, 0.2) is 0 Å². The summed E-state index contributed by atoms with van der Waals surface area (Å²) in [4.78, 5) is 18.7. The summed E-state index contributed by atoms with van der Waals surface area (Å²) in [7, 11) is 0. The minimum absolute atomic E-state index is 0.0855. The standard InChI is InChI=1S/C28H27N5OS/c1-20-25(21(2)33(31-20)17-22-10-4-3-5-11-22)16-29-28(34)24-12-6-7-13-26(24)35-19-23-18-32-15-9-8-14-27(32)30-23/h3-15,18H,16-17,19H2,1-2H3,(H,29,34). The number of benzene rings is 2. The molecule has 35 heavy (non-hydrogen) atoms. The van der Waals surface area contributed by atoms with E-state index in [0.717, 1.165) is 33.2 Å². The molecule has 0 spiro atoms. The van der Waals surface area contributed by atoms with Crippen LogP contribution < -0.4 is 5.32 Å². The molecule has 1 amide bonds. The van der Waals surface area contributed by atoms with Crippen molar-refractivity contribution in [2.45, 2.75) is 37.6 Å². The molecule has 7 heteroatoms. The normalized spacial score (nSPS) is 11.1. The smallest absolute Gasteiger partial charge is 0.252 e. The maximum Gasteiger partial charge on any atom is 0.252 e. The first-order valence-electron chi connectivity index (χ1n) is 11.6. The Labute approximate surface area is 209 Å². The molecule has 0 aliphatic carbocycles. The number of pyridine rings is 1. The first kappa shape index (κ1) is 22.9. The van der Waals surface area contributed by atoms with E-state index < -0.39 is 0 Å². The second-order valence-electron chi connectivity index (χ2n) is 8.46. The Morgan fingerprint density at radius 1 is 0.971 bits per heavy atom. The van der Waals surface area contributed by atoms with Crippen molar-refractivity contribution in [3.05, 3.63) is 119 Å². The lowest BCUT2D eigenvalue weighted by molar-refractivity contribution is 0.0948. The number of aryl methyl sites for hydroxylation is 1. The average Bonchev–Trinajstić information content (AvgIpc) is 3.42. The molecule has 176 valence electrons. The Morgan fingerprint density at radius 3 is 2.57 bits per heavy atom. The number of nitrogens with one attached hydrogen (secondary N) is 1. The van der Waals surface area contributed by atoms with E-state index in [1.54, 1.807) is 11.8 Å². The van der Waals surface area contributed by atoms with E-state index in [1.165, 1.54) is 5.56 Å². The molecule has 3 aromatic heterocycles. The maximum absolute atomic E-state index is 13.1. The molecule has 0 saturated carbocycles. The van der Waals surface area contributed by atoms with Gasteiger partial charge in [0.05, 0.1) is 23.5 Å². The van der Waals surface area contributed by atoms with Crippen molar-refractivity contribution in [1.29, 1.82) is 0 Å². The summed E-state index contributed by atoms with van der Waals surface area (Å²) in [6.45, 7) is 5.21. The van der Waals surface area contributed by atoms with Gasteiger partial charge in [-0.15, -0.1) is 11.8 Å². The highest BCUT2D eigenvalue weighted by Crippen LogP contribution is 2.26. The molecule has 3 heterocycles. The van der Waals surface area contributed by atoms with Crippen LogP contribution >= 0.6 is 11.8 Å². The van der Waals surface area contributed by atoms with Crippen LogP contribution in [0.25, 0.3) is 5.65 Å². The number of carbonyl (C=O) groups excluding carboxylic acids is 1. The predicted molar refractivity (Wildman–Crippen MR) is 140 cm³/mol. The van der Waals surface area contributed by atoms with E-state index in [2.05, 4.69) is 29.4 Å². The highest BCUT2D eigenvalue weighted by atomic mass is 32.2. The summed E-state index contributed by atoms with van der Waals surface area (Å²) in [6.07, 6.45) is 4.02. The molecule has 0 atom stereocenters. The van der Waals surface area contributed by atoms with Gasteiger partial charge in [0.2, 0.25) is 0 Å². The topological polar surface area (TPSA) is 64.2 Å². The van der Waals surface area contributed by atoms with Crippen molar-refractivity contribution in [2.75, 3.05) is 0 Å². The first-order valence-corrected chi connectivity index (χ1v) is 12.6. The number of aromatic nitrogens is 4. The molecule has 0 unspecified atom stereocenters. The minimum atomic E-state index is -0.0855. The fourth-order valence-corrected chi connectivity index (χ4v) is 5.09. The van der Waals surface area contributed by atoms with Gasteiger partial charge in [-0.3, -0.25) is 9.48 Å².